The molecule has 2 unspecified atom stereocenters. The van der Waals surface area contributed by atoms with Gasteiger partial charge in [0.1, 0.15) is 18.3 Å². The zero-order valence-corrected chi connectivity index (χ0v) is 18.1. The van der Waals surface area contributed by atoms with E-state index in [0.29, 0.717) is 13.0 Å². The molecule has 2 atom stereocenters. The van der Waals surface area contributed by atoms with E-state index in [2.05, 4.69) is 10.7 Å². The fourth-order valence-corrected chi connectivity index (χ4v) is 3.98. The van der Waals surface area contributed by atoms with Gasteiger partial charge >= 0.3 is 0 Å². The van der Waals surface area contributed by atoms with E-state index in [0.717, 1.165) is 28.1 Å². The number of hydrogen-bond donors (Lipinski definition) is 2. The Morgan fingerprint density at radius 1 is 1.16 bits per heavy atom. The van der Waals surface area contributed by atoms with E-state index in [1.807, 2.05) is 74.4 Å². The normalized spacial score (nSPS) is 20.0. The maximum Gasteiger partial charge on any atom is 0.251 e. The van der Waals surface area contributed by atoms with Crippen LogP contribution >= 0.6 is 0 Å². The van der Waals surface area contributed by atoms with Crippen LogP contribution in [-0.4, -0.2) is 40.9 Å². The molecule has 4 rings (SSSR count). The second kappa shape index (κ2) is 8.81. The standard InChI is InChI=1S/C24H28N4O3/c1-4-31-19-10-8-18(9-11-19)21-14-22-24(30)27(12-13-28(22)26-21)15-23(29)25-20-7-5-6-16(2)17(20)3/h5-13,21-22,26H,4,14-15H2,1-3H3,(H,25,29). The summed E-state index contributed by atoms with van der Waals surface area (Å²) in [6.07, 6.45) is 4.12. The van der Waals surface area contributed by atoms with Crippen molar-refractivity contribution in [3.05, 3.63) is 71.6 Å². The molecule has 2 aromatic rings. The van der Waals surface area contributed by atoms with Gasteiger partial charge in [-0.15, -0.1) is 0 Å². The Morgan fingerprint density at radius 2 is 1.94 bits per heavy atom. The Bertz CT molecular complexity index is 1000. The number of aryl methyl sites for hydroxylation is 1. The molecule has 2 heterocycles. The van der Waals surface area contributed by atoms with E-state index in [1.165, 1.54) is 4.90 Å². The van der Waals surface area contributed by atoms with E-state index < -0.39 is 0 Å². The molecule has 0 saturated carbocycles. The van der Waals surface area contributed by atoms with Crippen LogP contribution in [0.25, 0.3) is 0 Å². The van der Waals surface area contributed by atoms with Crippen LogP contribution in [0.15, 0.2) is 54.9 Å². The minimum atomic E-state index is -0.338. The Morgan fingerprint density at radius 3 is 2.68 bits per heavy atom. The van der Waals surface area contributed by atoms with Crippen LogP contribution in [0.5, 0.6) is 5.75 Å². The molecular formula is C24H28N4O3. The molecule has 2 aliphatic heterocycles. The maximum atomic E-state index is 13.0. The number of ether oxygens (including phenoxy) is 1. The van der Waals surface area contributed by atoms with Crippen LogP contribution in [0.4, 0.5) is 5.69 Å². The summed E-state index contributed by atoms with van der Waals surface area (Å²) in [5, 5.41) is 4.76. The van der Waals surface area contributed by atoms with Gasteiger partial charge in [-0.3, -0.25) is 9.59 Å². The average Bonchev–Trinajstić information content (AvgIpc) is 3.19. The number of anilines is 1. The summed E-state index contributed by atoms with van der Waals surface area (Å²) in [6, 6.07) is 13.4. The third kappa shape index (κ3) is 4.41. The molecule has 2 N–H and O–H groups in total. The predicted octanol–water partition coefficient (Wildman–Crippen LogP) is 3.27. The number of benzene rings is 2. The second-order valence-corrected chi connectivity index (χ2v) is 7.90. The van der Waals surface area contributed by atoms with Gasteiger partial charge in [-0.25, -0.2) is 5.43 Å². The molecule has 0 spiro atoms. The molecule has 1 fully saturated rings. The molecule has 7 nitrogen and oxygen atoms in total. The Labute approximate surface area is 182 Å². The van der Waals surface area contributed by atoms with E-state index in [-0.39, 0.29) is 30.4 Å². The van der Waals surface area contributed by atoms with Crippen molar-refractivity contribution in [3.63, 3.8) is 0 Å². The molecular weight excluding hydrogens is 392 g/mol. The summed E-state index contributed by atoms with van der Waals surface area (Å²) >= 11 is 0. The molecule has 1 saturated heterocycles. The fraction of sp³-hybridized carbons (Fsp3) is 0.333. The summed E-state index contributed by atoms with van der Waals surface area (Å²) in [5.74, 6) is 0.535. The first-order valence-corrected chi connectivity index (χ1v) is 10.6. The average molecular weight is 421 g/mol. The summed E-state index contributed by atoms with van der Waals surface area (Å²) in [5.41, 5.74) is 7.39. The van der Waals surface area contributed by atoms with Crippen LogP contribution in [0, 0.1) is 13.8 Å². The fourth-order valence-electron chi connectivity index (χ4n) is 3.98. The van der Waals surface area contributed by atoms with Crippen molar-refractivity contribution in [1.29, 1.82) is 0 Å². The molecule has 0 aromatic heterocycles. The number of nitrogens with zero attached hydrogens (tertiary/aromatic N) is 2. The number of hydrogen-bond acceptors (Lipinski definition) is 5. The zero-order valence-electron chi connectivity index (χ0n) is 18.1. The minimum Gasteiger partial charge on any atom is -0.494 e. The highest BCUT2D eigenvalue weighted by Gasteiger charge is 2.40. The first kappa shape index (κ1) is 20.9. The van der Waals surface area contributed by atoms with Gasteiger partial charge in [0.2, 0.25) is 5.91 Å². The van der Waals surface area contributed by atoms with Crippen LogP contribution in [-0.2, 0) is 9.59 Å². The smallest absolute Gasteiger partial charge is 0.251 e. The molecule has 2 aromatic carbocycles. The third-order valence-corrected chi connectivity index (χ3v) is 5.86. The molecule has 7 heteroatoms. The van der Waals surface area contributed by atoms with Crippen molar-refractivity contribution < 1.29 is 14.3 Å². The van der Waals surface area contributed by atoms with Gasteiger partial charge in [-0.05, 0) is 62.1 Å². The van der Waals surface area contributed by atoms with E-state index in [4.69, 9.17) is 4.74 Å². The van der Waals surface area contributed by atoms with Crippen LogP contribution in [0.3, 0.4) is 0 Å². The number of fused-ring (bicyclic) bond motifs is 1. The van der Waals surface area contributed by atoms with E-state index >= 15 is 0 Å². The van der Waals surface area contributed by atoms with Crippen molar-refractivity contribution in [2.45, 2.75) is 39.3 Å². The number of nitrogens with one attached hydrogen (secondary N) is 2. The molecule has 0 radical (unpaired) electrons. The van der Waals surface area contributed by atoms with Crippen LogP contribution < -0.4 is 15.5 Å². The van der Waals surface area contributed by atoms with E-state index in [9.17, 15) is 9.59 Å². The summed E-state index contributed by atoms with van der Waals surface area (Å²) in [6.45, 7) is 6.55. The first-order chi connectivity index (χ1) is 15.0. The van der Waals surface area contributed by atoms with Crippen molar-refractivity contribution in [2.24, 2.45) is 0 Å². The van der Waals surface area contributed by atoms with Crippen LogP contribution in [0.2, 0.25) is 0 Å². The quantitative estimate of drug-likeness (QED) is 0.750. The number of carbonyl (C=O) groups excluding carboxylic acids is 2. The van der Waals surface area contributed by atoms with Gasteiger partial charge in [-0.1, -0.05) is 24.3 Å². The van der Waals surface area contributed by atoms with Crippen molar-refractivity contribution in [1.82, 2.24) is 15.3 Å². The van der Waals surface area contributed by atoms with Crippen molar-refractivity contribution >= 4 is 17.5 Å². The lowest BCUT2D eigenvalue weighted by molar-refractivity contribution is -0.137. The minimum absolute atomic E-state index is 0.0131. The summed E-state index contributed by atoms with van der Waals surface area (Å²) in [4.78, 5) is 27.1. The van der Waals surface area contributed by atoms with Gasteiger partial charge < -0.3 is 20.0 Å². The Kier molecular flexibility index (Phi) is 5.95. The third-order valence-electron chi connectivity index (χ3n) is 5.86. The SMILES string of the molecule is CCOc1ccc(C2CC3C(=O)N(CC(=O)Nc4cccc(C)c4C)C=CN3N2)cc1. The monoisotopic (exact) mass is 420 g/mol. The van der Waals surface area contributed by atoms with Gasteiger partial charge in [0, 0.05) is 18.1 Å². The molecule has 162 valence electrons. The van der Waals surface area contributed by atoms with E-state index in [1.54, 1.807) is 6.20 Å². The molecule has 2 amide bonds. The number of carbonyl (C=O) groups is 2. The highest BCUT2D eigenvalue weighted by Crippen LogP contribution is 2.31. The van der Waals surface area contributed by atoms with Gasteiger partial charge in [0.15, 0.2) is 0 Å². The van der Waals surface area contributed by atoms with Gasteiger partial charge in [0.05, 0.1) is 12.6 Å². The van der Waals surface area contributed by atoms with Crippen molar-refractivity contribution in [2.75, 3.05) is 18.5 Å². The molecule has 0 aliphatic carbocycles. The van der Waals surface area contributed by atoms with Gasteiger partial charge in [-0.2, -0.15) is 0 Å². The molecule has 0 bridgehead atoms. The van der Waals surface area contributed by atoms with Gasteiger partial charge in [0.25, 0.3) is 5.91 Å². The zero-order chi connectivity index (χ0) is 22.0. The molecule has 2 aliphatic rings. The second-order valence-electron chi connectivity index (χ2n) is 7.90. The lowest BCUT2D eigenvalue weighted by Gasteiger charge is -2.31. The summed E-state index contributed by atoms with van der Waals surface area (Å²) < 4.78 is 5.50. The number of hydrazine groups is 1. The highest BCUT2D eigenvalue weighted by atomic mass is 16.5. The number of amides is 2. The Balaban J connectivity index is 1.38. The van der Waals surface area contributed by atoms with Crippen LogP contribution in [0.1, 0.15) is 36.1 Å². The van der Waals surface area contributed by atoms with Crippen molar-refractivity contribution in [3.8, 4) is 5.75 Å². The summed E-state index contributed by atoms with van der Waals surface area (Å²) in [7, 11) is 0. The number of rotatable bonds is 6. The largest absolute Gasteiger partial charge is 0.494 e. The Hall–Kier alpha value is -3.32. The lowest BCUT2D eigenvalue weighted by atomic mass is 10.0. The highest BCUT2D eigenvalue weighted by molar-refractivity contribution is 5.96. The molecule has 31 heavy (non-hydrogen) atoms. The maximum absolute atomic E-state index is 13.0. The topological polar surface area (TPSA) is 73.9 Å². The lowest BCUT2D eigenvalue weighted by Crippen LogP contribution is -2.49. The predicted molar refractivity (Wildman–Crippen MR) is 119 cm³/mol. The first-order valence-electron chi connectivity index (χ1n) is 10.6.